The molecule has 1 saturated heterocycles. The van der Waals surface area contributed by atoms with Gasteiger partial charge in [0.25, 0.3) is 5.91 Å². The zero-order valence-electron chi connectivity index (χ0n) is 15.8. The quantitative estimate of drug-likeness (QED) is 0.722. The van der Waals surface area contributed by atoms with Crippen LogP contribution in [0.2, 0.25) is 5.02 Å². The van der Waals surface area contributed by atoms with E-state index in [2.05, 4.69) is 24.3 Å². The van der Waals surface area contributed by atoms with Gasteiger partial charge in [-0.3, -0.25) is 4.79 Å². The van der Waals surface area contributed by atoms with Gasteiger partial charge in [0.05, 0.1) is 26.2 Å². The molecule has 0 radical (unpaired) electrons. The Kier molecular flexibility index (Phi) is 5.75. The number of rotatable bonds is 4. The SMILES string of the molecule is O=C(c1ccc(-c2ccccc2)cc1)N1CC[NH+](Cc2ccc(Cl)cc2)CC1. The molecule has 3 aromatic rings. The number of quaternary nitrogens is 1. The number of nitrogens with zero attached hydrogens (tertiary/aromatic N) is 1. The Morgan fingerprint density at radius 2 is 1.43 bits per heavy atom. The van der Waals surface area contributed by atoms with Crippen LogP contribution in [-0.2, 0) is 6.54 Å². The van der Waals surface area contributed by atoms with Crippen molar-refractivity contribution < 1.29 is 9.69 Å². The number of hydrogen-bond acceptors (Lipinski definition) is 1. The molecular formula is C24H24ClN2O+. The van der Waals surface area contributed by atoms with Gasteiger partial charge < -0.3 is 9.80 Å². The normalized spacial score (nSPS) is 14.8. The van der Waals surface area contributed by atoms with E-state index in [-0.39, 0.29) is 5.91 Å². The van der Waals surface area contributed by atoms with Crippen molar-refractivity contribution in [1.82, 2.24) is 4.90 Å². The maximum absolute atomic E-state index is 12.9. The molecule has 1 aliphatic heterocycles. The third kappa shape index (κ3) is 4.44. The number of amides is 1. The highest BCUT2D eigenvalue weighted by molar-refractivity contribution is 6.30. The van der Waals surface area contributed by atoms with Gasteiger partial charge in [-0.1, -0.05) is 66.2 Å². The molecule has 1 amide bonds. The van der Waals surface area contributed by atoms with Gasteiger partial charge >= 0.3 is 0 Å². The van der Waals surface area contributed by atoms with E-state index in [1.165, 1.54) is 16.0 Å². The third-order valence-electron chi connectivity index (χ3n) is 5.36. The average Bonchev–Trinajstić information content (AvgIpc) is 2.76. The van der Waals surface area contributed by atoms with Crippen LogP contribution in [-0.4, -0.2) is 37.0 Å². The Hall–Kier alpha value is -2.62. The summed E-state index contributed by atoms with van der Waals surface area (Å²) in [7, 11) is 0. The Bertz CT molecular complexity index is 915. The van der Waals surface area contributed by atoms with Crippen molar-refractivity contribution in [2.45, 2.75) is 6.54 Å². The molecular weight excluding hydrogens is 368 g/mol. The summed E-state index contributed by atoms with van der Waals surface area (Å²) in [6.45, 7) is 4.50. The fourth-order valence-corrected chi connectivity index (χ4v) is 3.84. The number of carbonyl (C=O) groups excluding carboxylic acids is 1. The van der Waals surface area contributed by atoms with E-state index >= 15 is 0 Å². The van der Waals surface area contributed by atoms with Crippen LogP contribution >= 0.6 is 11.6 Å². The molecule has 0 spiro atoms. The molecule has 3 aromatic carbocycles. The van der Waals surface area contributed by atoms with Crippen molar-refractivity contribution in [2.75, 3.05) is 26.2 Å². The van der Waals surface area contributed by atoms with E-state index in [1.54, 1.807) is 0 Å². The number of carbonyl (C=O) groups is 1. The molecule has 0 unspecified atom stereocenters. The molecule has 0 aliphatic carbocycles. The second-order valence-electron chi connectivity index (χ2n) is 7.29. The summed E-state index contributed by atoms with van der Waals surface area (Å²) in [5.74, 6) is 0.130. The average molecular weight is 392 g/mol. The van der Waals surface area contributed by atoms with Gasteiger partial charge in [0.15, 0.2) is 0 Å². The van der Waals surface area contributed by atoms with Crippen LogP contribution in [0.25, 0.3) is 11.1 Å². The molecule has 1 aliphatic rings. The lowest BCUT2D eigenvalue weighted by atomic mass is 10.0. The van der Waals surface area contributed by atoms with Crippen molar-refractivity contribution in [1.29, 1.82) is 0 Å². The second-order valence-corrected chi connectivity index (χ2v) is 7.73. The van der Waals surface area contributed by atoms with Gasteiger partial charge in [-0.25, -0.2) is 0 Å². The number of benzene rings is 3. The molecule has 1 N–H and O–H groups in total. The Morgan fingerprint density at radius 3 is 2.07 bits per heavy atom. The van der Waals surface area contributed by atoms with E-state index < -0.39 is 0 Å². The Balaban J connectivity index is 1.34. The van der Waals surface area contributed by atoms with E-state index in [9.17, 15) is 4.79 Å². The molecule has 1 fully saturated rings. The number of nitrogens with one attached hydrogen (secondary N) is 1. The van der Waals surface area contributed by atoms with Crippen molar-refractivity contribution in [2.24, 2.45) is 0 Å². The first-order valence-electron chi connectivity index (χ1n) is 9.72. The second kappa shape index (κ2) is 8.59. The van der Waals surface area contributed by atoms with Crippen LogP contribution in [0.1, 0.15) is 15.9 Å². The van der Waals surface area contributed by atoms with E-state index in [1.807, 2.05) is 59.5 Å². The fourth-order valence-electron chi connectivity index (χ4n) is 3.71. The highest BCUT2D eigenvalue weighted by Crippen LogP contribution is 2.20. The molecule has 0 aromatic heterocycles. The molecule has 4 rings (SSSR count). The van der Waals surface area contributed by atoms with Gasteiger partial charge in [0.2, 0.25) is 0 Å². The van der Waals surface area contributed by atoms with Crippen molar-refractivity contribution in [3.05, 3.63) is 95.0 Å². The van der Waals surface area contributed by atoms with Crippen LogP contribution in [0.15, 0.2) is 78.9 Å². The summed E-state index contributed by atoms with van der Waals surface area (Å²) < 4.78 is 0. The zero-order valence-corrected chi connectivity index (χ0v) is 16.5. The standard InChI is InChI=1S/C24H23ClN2O/c25-23-12-6-19(7-13-23)18-26-14-16-27(17-15-26)24(28)22-10-8-21(9-11-22)20-4-2-1-3-5-20/h1-13H,14-18H2/p+1. The van der Waals surface area contributed by atoms with E-state index in [4.69, 9.17) is 11.6 Å². The molecule has 0 atom stereocenters. The number of piperazine rings is 1. The summed E-state index contributed by atoms with van der Waals surface area (Å²) in [6.07, 6.45) is 0. The first-order chi connectivity index (χ1) is 13.7. The van der Waals surface area contributed by atoms with Crippen LogP contribution in [0.4, 0.5) is 0 Å². The monoisotopic (exact) mass is 391 g/mol. The lowest BCUT2D eigenvalue weighted by Crippen LogP contribution is -3.13. The van der Waals surface area contributed by atoms with Crippen LogP contribution in [0, 0.1) is 0 Å². The van der Waals surface area contributed by atoms with Gasteiger partial charge in [0.1, 0.15) is 6.54 Å². The van der Waals surface area contributed by atoms with E-state index in [0.717, 1.165) is 48.9 Å². The smallest absolute Gasteiger partial charge is 0.254 e. The zero-order chi connectivity index (χ0) is 19.3. The molecule has 3 nitrogen and oxygen atoms in total. The third-order valence-corrected chi connectivity index (χ3v) is 5.62. The van der Waals surface area contributed by atoms with Crippen molar-refractivity contribution >= 4 is 17.5 Å². The largest absolute Gasteiger partial charge is 0.328 e. The molecule has 0 bridgehead atoms. The predicted molar refractivity (Wildman–Crippen MR) is 114 cm³/mol. The lowest BCUT2D eigenvalue weighted by Gasteiger charge is -2.32. The van der Waals surface area contributed by atoms with Gasteiger partial charge in [-0.15, -0.1) is 0 Å². The van der Waals surface area contributed by atoms with Gasteiger partial charge in [-0.05, 0) is 35.4 Å². The Labute approximate surface area is 171 Å². The molecule has 28 heavy (non-hydrogen) atoms. The van der Waals surface area contributed by atoms with Crippen molar-refractivity contribution in [3.8, 4) is 11.1 Å². The number of hydrogen-bond donors (Lipinski definition) is 1. The fraction of sp³-hybridized carbons (Fsp3) is 0.208. The molecule has 0 saturated carbocycles. The minimum atomic E-state index is 0.130. The predicted octanol–water partition coefficient (Wildman–Crippen LogP) is 3.55. The maximum Gasteiger partial charge on any atom is 0.254 e. The van der Waals surface area contributed by atoms with Gasteiger partial charge in [0, 0.05) is 16.1 Å². The molecule has 4 heteroatoms. The van der Waals surface area contributed by atoms with Crippen molar-refractivity contribution in [3.63, 3.8) is 0 Å². The molecule has 142 valence electrons. The number of halogens is 1. The molecule has 1 heterocycles. The van der Waals surface area contributed by atoms with Crippen LogP contribution < -0.4 is 4.90 Å². The first-order valence-corrected chi connectivity index (χ1v) is 10.1. The summed E-state index contributed by atoms with van der Waals surface area (Å²) in [6, 6.07) is 26.2. The minimum Gasteiger partial charge on any atom is -0.328 e. The van der Waals surface area contributed by atoms with Crippen LogP contribution in [0.5, 0.6) is 0 Å². The Morgan fingerprint density at radius 1 is 0.821 bits per heavy atom. The summed E-state index contributed by atoms with van der Waals surface area (Å²) in [5.41, 5.74) is 4.35. The van der Waals surface area contributed by atoms with Crippen LogP contribution in [0.3, 0.4) is 0 Å². The van der Waals surface area contributed by atoms with Gasteiger partial charge in [-0.2, -0.15) is 0 Å². The maximum atomic E-state index is 12.9. The summed E-state index contributed by atoms with van der Waals surface area (Å²) >= 11 is 5.96. The topological polar surface area (TPSA) is 24.8 Å². The highest BCUT2D eigenvalue weighted by Gasteiger charge is 2.24. The van der Waals surface area contributed by atoms with E-state index in [0.29, 0.717) is 0 Å². The lowest BCUT2D eigenvalue weighted by molar-refractivity contribution is -0.917. The first kappa shape index (κ1) is 18.7. The highest BCUT2D eigenvalue weighted by atomic mass is 35.5. The summed E-state index contributed by atoms with van der Waals surface area (Å²) in [5, 5.41) is 0.771. The summed E-state index contributed by atoms with van der Waals surface area (Å²) in [4.78, 5) is 16.3. The minimum absolute atomic E-state index is 0.130.